The Kier molecular flexibility index (Phi) is 29.4. The van der Waals surface area contributed by atoms with Gasteiger partial charge >= 0.3 is 0 Å². The van der Waals surface area contributed by atoms with Crippen LogP contribution in [0.15, 0.2) is 42.5 Å². The topological polar surface area (TPSA) is 315 Å². The first kappa shape index (κ1) is 61.1. The fourth-order valence-electron chi connectivity index (χ4n) is 8.40. The predicted octanol–water partition coefficient (Wildman–Crippen LogP) is 1.36. The quantitative estimate of drug-likeness (QED) is 0.0429. The van der Waals surface area contributed by atoms with Crippen LogP contribution in [0.2, 0.25) is 0 Å². The summed E-state index contributed by atoms with van der Waals surface area (Å²) in [7, 11) is 0. The maximum atomic E-state index is 12.7. The number of nitrogens with one attached hydrogen (secondary N) is 7. The molecule has 0 aromatic heterocycles. The minimum Gasteiger partial charge on any atom is -0.508 e. The highest BCUT2D eigenvalue weighted by Gasteiger charge is 2.26. The minimum atomic E-state index is -0.951. The van der Waals surface area contributed by atoms with Gasteiger partial charge in [0.25, 0.3) is 0 Å². The number of rotatable bonds is 37. The van der Waals surface area contributed by atoms with Crippen molar-refractivity contribution in [1.29, 1.82) is 0 Å². The fraction of sp³-hybridized carbons (Fsp3) is 0.615. The van der Waals surface area contributed by atoms with Gasteiger partial charge in [-0.2, -0.15) is 0 Å². The zero-order chi connectivity index (χ0) is 53.4. The first-order chi connectivity index (χ1) is 35.1. The number of carbonyl (C=O) groups excluding carboxylic acids is 8. The van der Waals surface area contributed by atoms with Crippen molar-refractivity contribution in [3.63, 3.8) is 0 Å². The van der Waals surface area contributed by atoms with E-state index in [1.807, 2.05) is 30.3 Å². The molecular weight excluding hydrogens is 941 g/mol. The van der Waals surface area contributed by atoms with Gasteiger partial charge in [-0.15, -0.1) is 0 Å². The van der Waals surface area contributed by atoms with Crippen LogP contribution in [-0.4, -0.2) is 147 Å². The van der Waals surface area contributed by atoms with Gasteiger partial charge in [-0.25, -0.2) is 0 Å². The molecule has 0 saturated heterocycles. The van der Waals surface area contributed by atoms with Gasteiger partial charge in [0.1, 0.15) is 17.8 Å². The van der Waals surface area contributed by atoms with Crippen molar-refractivity contribution in [2.75, 3.05) is 71.0 Å². The molecule has 406 valence electrons. The monoisotopic (exact) mass is 1020 g/mol. The van der Waals surface area contributed by atoms with E-state index in [-0.39, 0.29) is 108 Å². The maximum absolute atomic E-state index is 12.7. The molecule has 0 aliphatic heterocycles. The molecule has 1 aliphatic carbocycles. The summed E-state index contributed by atoms with van der Waals surface area (Å²) in [5.74, 6) is -2.63. The van der Waals surface area contributed by atoms with E-state index >= 15 is 0 Å². The highest BCUT2D eigenvalue weighted by Crippen LogP contribution is 2.31. The highest BCUT2D eigenvalue weighted by molar-refractivity contribution is 5.91. The van der Waals surface area contributed by atoms with E-state index in [1.165, 1.54) is 25.0 Å². The number of benzene rings is 2. The number of anilines is 1. The van der Waals surface area contributed by atoms with Crippen LogP contribution < -0.4 is 48.7 Å². The van der Waals surface area contributed by atoms with E-state index in [0.717, 1.165) is 50.8 Å². The third kappa shape index (κ3) is 25.9. The van der Waals surface area contributed by atoms with Crippen LogP contribution in [0.4, 0.5) is 5.69 Å². The Morgan fingerprint density at radius 3 is 1.99 bits per heavy atom. The van der Waals surface area contributed by atoms with Gasteiger partial charge in [0, 0.05) is 77.6 Å². The summed E-state index contributed by atoms with van der Waals surface area (Å²) in [4.78, 5) is 99.7. The second kappa shape index (κ2) is 35.1. The summed E-state index contributed by atoms with van der Waals surface area (Å²) in [6.07, 6.45) is 7.60. The van der Waals surface area contributed by atoms with E-state index in [9.17, 15) is 43.5 Å². The predicted molar refractivity (Wildman–Crippen MR) is 277 cm³/mol. The molecule has 73 heavy (non-hydrogen) atoms. The molecular formula is C52H82N10O11. The average molecular weight is 1020 g/mol. The van der Waals surface area contributed by atoms with Crippen molar-refractivity contribution in [1.82, 2.24) is 36.8 Å². The lowest BCUT2D eigenvalue weighted by molar-refractivity contribution is -0.129. The van der Waals surface area contributed by atoms with E-state index in [4.69, 9.17) is 20.9 Å². The first-order valence-electron chi connectivity index (χ1n) is 25.8. The Bertz CT molecular complexity index is 2060. The third-order valence-corrected chi connectivity index (χ3v) is 12.4. The zero-order valence-corrected chi connectivity index (χ0v) is 43.2. The molecule has 1 unspecified atom stereocenters. The second-order valence-electron chi connectivity index (χ2n) is 18.4. The molecule has 2 aromatic rings. The Balaban J connectivity index is 1.19. The van der Waals surface area contributed by atoms with Crippen molar-refractivity contribution < 1.29 is 52.9 Å². The summed E-state index contributed by atoms with van der Waals surface area (Å²) in [6.45, 7) is 9.00. The number of carbonyl (C=O) groups is 8. The lowest BCUT2D eigenvalue weighted by Crippen LogP contribution is -2.46. The molecule has 21 nitrogen and oxygen atoms in total. The molecule has 21 heteroatoms. The van der Waals surface area contributed by atoms with Crippen LogP contribution in [0.5, 0.6) is 5.75 Å². The van der Waals surface area contributed by atoms with Gasteiger partial charge in [-0.3, -0.25) is 43.3 Å². The summed E-state index contributed by atoms with van der Waals surface area (Å²) in [5, 5.41) is 29.2. The molecule has 4 atom stereocenters. The van der Waals surface area contributed by atoms with Gasteiger partial charge in [-0.05, 0) is 118 Å². The zero-order valence-electron chi connectivity index (χ0n) is 43.2. The summed E-state index contributed by atoms with van der Waals surface area (Å²) >= 11 is 0. The van der Waals surface area contributed by atoms with Crippen LogP contribution in [0, 0.1) is 0 Å². The number of aromatic hydroxyl groups is 1. The number of fused-ring (bicyclic) bond motifs is 1. The van der Waals surface area contributed by atoms with Gasteiger partial charge in [-0.1, -0.05) is 31.2 Å². The summed E-state index contributed by atoms with van der Waals surface area (Å²) in [5.41, 5.74) is 15.7. The van der Waals surface area contributed by atoms with E-state index in [0.29, 0.717) is 56.1 Å². The summed E-state index contributed by atoms with van der Waals surface area (Å²) < 4.78 is 10.9. The standard InChI is InChI=1S/C52H82N10O11/c1-4-29-62(41-18-19-42-39(35-41)10-9-13-46(42)65)30-24-38-14-16-40(17-15-38)60-48(67)21-20-43(53)51(70)57-26-8-5-11-44(50(54)69)61-49(68)23-22-47(66)56-27-31-72-33-34-73-32-28-58-52(71)45(59-37(3)64)12-6-7-25-55-36(2)63/h9-10,13-17,41,43-45,65H,4-8,11-12,18-35,53H2,1-3H3,(H2,54,69)(H,55,63)(H,56,66)(H,57,70)(H,58,71)(H,59,64)(H,60,67)(H,61,68)/t41?,43-,44-,45-/m0/s1. The molecule has 0 heterocycles. The van der Waals surface area contributed by atoms with Crippen LogP contribution in [-0.2, 0) is 67.1 Å². The number of nitrogens with two attached hydrogens (primary N) is 2. The van der Waals surface area contributed by atoms with Crippen molar-refractivity contribution >= 4 is 52.9 Å². The minimum absolute atomic E-state index is 0.0562. The van der Waals surface area contributed by atoms with E-state index < -0.39 is 35.8 Å². The SMILES string of the molecule is CCCN(CCc1ccc(NC(=O)CC[C@H](N)C(=O)NCCCC[C@H](NC(=O)CCC(=O)NCCOCCOCCNC(=O)[C@H](CCCCNC(C)=O)NC(C)=O)C(N)=O)cc1)C1CCc2c(O)cccc2C1. The van der Waals surface area contributed by atoms with Crippen molar-refractivity contribution in [3.8, 4) is 5.75 Å². The molecule has 3 rings (SSSR count). The number of phenols is 1. The Hall–Kier alpha value is -6.16. The van der Waals surface area contributed by atoms with Crippen molar-refractivity contribution in [2.24, 2.45) is 11.5 Å². The molecule has 0 radical (unpaired) electrons. The molecule has 0 saturated carbocycles. The number of ether oxygens (including phenoxy) is 2. The number of amides is 8. The number of phenolic OH excluding ortho intramolecular Hbond substituents is 1. The molecule has 1 aliphatic rings. The van der Waals surface area contributed by atoms with Crippen LogP contribution in [0.3, 0.4) is 0 Å². The molecule has 0 fully saturated rings. The Morgan fingerprint density at radius 2 is 1.33 bits per heavy atom. The molecule has 0 spiro atoms. The molecule has 0 bridgehead atoms. The number of hydrogen-bond acceptors (Lipinski definition) is 13. The lowest BCUT2D eigenvalue weighted by Gasteiger charge is -2.35. The van der Waals surface area contributed by atoms with E-state index in [1.54, 1.807) is 6.07 Å². The summed E-state index contributed by atoms with van der Waals surface area (Å²) in [6, 6.07) is 11.5. The highest BCUT2D eigenvalue weighted by atomic mass is 16.5. The number of nitrogens with zero attached hydrogens (tertiary/aromatic N) is 1. The molecule has 12 N–H and O–H groups in total. The van der Waals surface area contributed by atoms with E-state index in [2.05, 4.69) is 55.1 Å². The van der Waals surface area contributed by atoms with Gasteiger partial charge in [0.2, 0.25) is 47.3 Å². The van der Waals surface area contributed by atoms with Crippen LogP contribution in [0.1, 0.15) is 115 Å². The second-order valence-corrected chi connectivity index (χ2v) is 18.4. The lowest BCUT2D eigenvalue weighted by atomic mass is 9.86. The Morgan fingerprint density at radius 1 is 0.685 bits per heavy atom. The van der Waals surface area contributed by atoms with Gasteiger partial charge in [0.05, 0.1) is 32.5 Å². The normalized spacial score (nSPS) is 14.2. The third-order valence-electron chi connectivity index (χ3n) is 12.4. The largest absolute Gasteiger partial charge is 0.508 e. The first-order valence-corrected chi connectivity index (χ1v) is 25.8. The van der Waals surface area contributed by atoms with Crippen molar-refractivity contribution in [3.05, 3.63) is 59.2 Å². The average Bonchev–Trinajstić information content (AvgIpc) is 3.35. The van der Waals surface area contributed by atoms with Crippen LogP contribution in [0.25, 0.3) is 0 Å². The smallest absolute Gasteiger partial charge is 0.242 e. The van der Waals surface area contributed by atoms with Gasteiger partial charge in [0.15, 0.2) is 0 Å². The van der Waals surface area contributed by atoms with Crippen LogP contribution >= 0.6 is 0 Å². The van der Waals surface area contributed by atoms with Gasteiger partial charge < -0.3 is 63.3 Å². The number of hydrogen-bond donors (Lipinski definition) is 10. The maximum Gasteiger partial charge on any atom is 0.242 e. The number of primary amides is 1. The number of unbranched alkanes of at least 4 members (excludes halogenated alkanes) is 2. The molecule has 2 aromatic carbocycles. The van der Waals surface area contributed by atoms with Crippen molar-refractivity contribution in [2.45, 2.75) is 141 Å². The fourth-order valence-corrected chi connectivity index (χ4v) is 8.40. The Labute approximate surface area is 430 Å². The molecule has 8 amide bonds.